The summed E-state index contributed by atoms with van der Waals surface area (Å²) in [6.07, 6.45) is 1.85. The summed E-state index contributed by atoms with van der Waals surface area (Å²) in [5.41, 5.74) is 6.13. The van der Waals surface area contributed by atoms with E-state index in [1.165, 1.54) is 38.1 Å². The molecule has 0 amide bonds. The average molecular weight is 563 g/mol. The number of hydrogen-bond donors (Lipinski definition) is 0. The summed E-state index contributed by atoms with van der Waals surface area (Å²) >= 11 is 0. The predicted octanol–water partition coefficient (Wildman–Crippen LogP) is 11.6. The number of fused-ring (bicyclic) bond motifs is 8. The van der Waals surface area contributed by atoms with Gasteiger partial charge in [0.15, 0.2) is 0 Å². The molecule has 3 nitrogen and oxygen atoms in total. The molecule has 2 heterocycles. The molecule has 7 aromatic carbocycles. The van der Waals surface area contributed by atoms with Crippen LogP contribution in [0.5, 0.6) is 0 Å². The Bertz CT molecular complexity index is 2490. The molecule has 0 atom stereocenters. The van der Waals surface area contributed by atoms with Gasteiger partial charge in [-0.15, -0.1) is 0 Å². The van der Waals surface area contributed by atoms with E-state index in [9.17, 15) is 0 Å². The molecule has 0 radical (unpaired) electrons. The summed E-state index contributed by atoms with van der Waals surface area (Å²) in [6.45, 7) is 0. The van der Waals surface area contributed by atoms with E-state index in [2.05, 4.69) is 138 Å². The first-order valence-corrected chi connectivity index (χ1v) is 14.9. The summed E-state index contributed by atoms with van der Waals surface area (Å²) in [5.74, 6) is 0.838. The van der Waals surface area contributed by atoms with Gasteiger partial charge in [0.25, 0.3) is 0 Å². The second kappa shape index (κ2) is 9.82. The highest BCUT2D eigenvalue weighted by atomic mass is 16.3. The van der Waals surface area contributed by atoms with Gasteiger partial charge in [-0.05, 0) is 68.4 Å². The summed E-state index contributed by atoms with van der Waals surface area (Å²) in [6, 6.07) is 53.6. The molecule has 44 heavy (non-hydrogen) atoms. The van der Waals surface area contributed by atoms with E-state index < -0.39 is 0 Å². The standard InChI is InChI=1S/C41H26N2O/c1-2-10-27(11-3-1)28-18-21-30(22-19-28)43(41-40-35-16-8-9-17-38(35)44-39(40)24-25-42-41)37-26-36-31-13-5-4-12-29(31)20-23-33(36)32-14-6-7-15-34(32)37/h1-26H. The SMILES string of the molecule is c1ccc(-c2ccc(N(c3cc4c5ccccc5ccc4c4ccccc34)c3nccc4oc5ccccc5c34)cc2)cc1. The van der Waals surface area contributed by atoms with Gasteiger partial charge in [-0.2, -0.15) is 0 Å². The minimum atomic E-state index is 0.817. The third-order valence-electron chi connectivity index (χ3n) is 8.70. The van der Waals surface area contributed by atoms with Crippen LogP contribution >= 0.6 is 0 Å². The van der Waals surface area contributed by atoms with Crippen molar-refractivity contribution >= 4 is 71.4 Å². The monoisotopic (exact) mass is 562 g/mol. The zero-order chi connectivity index (χ0) is 29.0. The van der Waals surface area contributed by atoms with Crippen molar-refractivity contribution in [3.05, 3.63) is 158 Å². The number of rotatable bonds is 4. The van der Waals surface area contributed by atoms with E-state index in [4.69, 9.17) is 9.40 Å². The molecule has 0 spiro atoms. The normalized spacial score (nSPS) is 11.6. The van der Waals surface area contributed by atoms with Crippen LogP contribution in [0.1, 0.15) is 0 Å². The third-order valence-corrected chi connectivity index (χ3v) is 8.70. The number of anilines is 3. The maximum absolute atomic E-state index is 6.34. The zero-order valence-electron chi connectivity index (χ0n) is 23.8. The Balaban J connectivity index is 1.39. The van der Waals surface area contributed by atoms with Crippen LogP contribution in [-0.2, 0) is 0 Å². The summed E-state index contributed by atoms with van der Waals surface area (Å²) in [4.78, 5) is 7.39. The fourth-order valence-electron chi connectivity index (χ4n) is 6.66. The third kappa shape index (κ3) is 3.80. The Morgan fingerprint density at radius 1 is 0.455 bits per heavy atom. The number of pyridine rings is 1. The van der Waals surface area contributed by atoms with Crippen LogP contribution in [0.4, 0.5) is 17.2 Å². The molecular formula is C41H26N2O. The van der Waals surface area contributed by atoms with Crippen LogP contribution < -0.4 is 4.90 Å². The summed E-state index contributed by atoms with van der Waals surface area (Å²) < 4.78 is 6.34. The van der Waals surface area contributed by atoms with Crippen molar-refractivity contribution in [3.63, 3.8) is 0 Å². The molecule has 0 aliphatic carbocycles. The Morgan fingerprint density at radius 3 is 1.95 bits per heavy atom. The quantitative estimate of drug-likeness (QED) is 0.200. The van der Waals surface area contributed by atoms with Crippen LogP contribution in [0.25, 0.3) is 65.4 Å². The second-order valence-electron chi connectivity index (χ2n) is 11.2. The number of para-hydroxylation sites is 1. The van der Waals surface area contributed by atoms with Gasteiger partial charge in [0.05, 0.1) is 11.1 Å². The van der Waals surface area contributed by atoms with Gasteiger partial charge >= 0.3 is 0 Å². The molecule has 0 N–H and O–H groups in total. The van der Waals surface area contributed by atoms with E-state index in [0.29, 0.717) is 0 Å². The van der Waals surface area contributed by atoms with E-state index in [1.807, 2.05) is 24.4 Å². The molecule has 0 saturated carbocycles. The minimum Gasteiger partial charge on any atom is -0.456 e. The first-order valence-electron chi connectivity index (χ1n) is 14.9. The molecule has 0 saturated heterocycles. The second-order valence-corrected chi connectivity index (χ2v) is 11.2. The van der Waals surface area contributed by atoms with Gasteiger partial charge in [-0.1, -0.05) is 121 Å². The van der Waals surface area contributed by atoms with Gasteiger partial charge < -0.3 is 4.42 Å². The average Bonchev–Trinajstić information content (AvgIpc) is 3.48. The molecule has 0 bridgehead atoms. The van der Waals surface area contributed by atoms with Crippen LogP contribution in [-0.4, -0.2) is 4.98 Å². The van der Waals surface area contributed by atoms with Crippen molar-refractivity contribution in [1.82, 2.24) is 4.98 Å². The Labute approximate surface area is 254 Å². The van der Waals surface area contributed by atoms with Crippen LogP contribution in [0.2, 0.25) is 0 Å². The van der Waals surface area contributed by atoms with Crippen molar-refractivity contribution in [3.8, 4) is 11.1 Å². The molecule has 0 unspecified atom stereocenters. The minimum absolute atomic E-state index is 0.817. The number of furan rings is 1. The highest BCUT2D eigenvalue weighted by Crippen LogP contribution is 2.46. The first-order chi connectivity index (χ1) is 21.8. The van der Waals surface area contributed by atoms with Gasteiger partial charge in [0.2, 0.25) is 0 Å². The number of nitrogens with zero attached hydrogens (tertiary/aromatic N) is 2. The summed E-state index contributed by atoms with van der Waals surface area (Å²) in [5, 5.41) is 9.32. The number of hydrogen-bond acceptors (Lipinski definition) is 3. The Kier molecular flexibility index (Phi) is 5.50. The molecule has 0 fully saturated rings. The fraction of sp³-hybridized carbons (Fsp3) is 0. The lowest BCUT2D eigenvalue weighted by molar-refractivity contribution is 0.668. The molecule has 3 heteroatoms. The molecule has 2 aromatic heterocycles. The fourth-order valence-corrected chi connectivity index (χ4v) is 6.66. The van der Waals surface area contributed by atoms with E-state index in [-0.39, 0.29) is 0 Å². The molecule has 0 aliphatic rings. The van der Waals surface area contributed by atoms with Gasteiger partial charge in [0.1, 0.15) is 17.0 Å². The Morgan fingerprint density at radius 2 is 1.11 bits per heavy atom. The van der Waals surface area contributed by atoms with Crippen molar-refractivity contribution in [2.24, 2.45) is 0 Å². The van der Waals surface area contributed by atoms with E-state index in [0.717, 1.165) is 44.5 Å². The van der Waals surface area contributed by atoms with Crippen molar-refractivity contribution in [2.75, 3.05) is 4.90 Å². The van der Waals surface area contributed by atoms with Crippen LogP contribution in [0.3, 0.4) is 0 Å². The zero-order valence-corrected chi connectivity index (χ0v) is 23.8. The highest BCUT2D eigenvalue weighted by molar-refractivity contribution is 6.22. The van der Waals surface area contributed by atoms with Crippen LogP contribution in [0, 0.1) is 0 Å². The van der Waals surface area contributed by atoms with Crippen LogP contribution in [0.15, 0.2) is 162 Å². The lowest BCUT2D eigenvalue weighted by Crippen LogP contribution is -2.12. The topological polar surface area (TPSA) is 29.3 Å². The van der Waals surface area contributed by atoms with Crippen molar-refractivity contribution < 1.29 is 4.42 Å². The van der Waals surface area contributed by atoms with Crippen molar-refractivity contribution in [1.29, 1.82) is 0 Å². The predicted molar refractivity (Wildman–Crippen MR) is 184 cm³/mol. The smallest absolute Gasteiger partial charge is 0.149 e. The molecule has 9 aromatic rings. The van der Waals surface area contributed by atoms with Gasteiger partial charge in [-0.3, -0.25) is 4.90 Å². The molecule has 9 rings (SSSR count). The van der Waals surface area contributed by atoms with Gasteiger partial charge in [-0.25, -0.2) is 4.98 Å². The number of benzene rings is 7. The maximum Gasteiger partial charge on any atom is 0.149 e. The molecule has 206 valence electrons. The molecular weight excluding hydrogens is 536 g/mol. The first kappa shape index (κ1) is 24.6. The summed E-state index contributed by atoms with van der Waals surface area (Å²) in [7, 11) is 0. The number of aromatic nitrogens is 1. The maximum atomic E-state index is 6.34. The lowest BCUT2D eigenvalue weighted by atomic mass is 9.95. The van der Waals surface area contributed by atoms with E-state index in [1.54, 1.807) is 0 Å². The highest BCUT2D eigenvalue weighted by Gasteiger charge is 2.23. The van der Waals surface area contributed by atoms with Crippen molar-refractivity contribution in [2.45, 2.75) is 0 Å². The lowest BCUT2D eigenvalue weighted by Gasteiger charge is -2.27. The van der Waals surface area contributed by atoms with Gasteiger partial charge in [0, 0.05) is 22.7 Å². The Hall–Kier alpha value is -5.93. The largest absolute Gasteiger partial charge is 0.456 e. The van der Waals surface area contributed by atoms with E-state index >= 15 is 0 Å². The molecule has 0 aliphatic heterocycles.